The molecule has 0 unspecified atom stereocenters. The molecule has 3 heterocycles. The molecule has 38 heavy (non-hydrogen) atoms. The van der Waals surface area contributed by atoms with Gasteiger partial charge in [-0.15, -0.1) is 0 Å². The van der Waals surface area contributed by atoms with Crippen LogP contribution in [0.4, 0.5) is 10.6 Å². The van der Waals surface area contributed by atoms with E-state index in [0.29, 0.717) is 30.8 Å². The lowest BCUT2D eigenvalue weighted by Crippen LogP contribution is -2.55. The molecule has 1 saturated heterocycles. The maximum atomic E-state index is 12.6. The minimum atomic E-state index is -3.79. The molecule has 1 fully saturated rings. The van der Waals surface area contributed by atoms with Crippen molar-refractivity contribution in [2.45, 2.75) is 36.1 Å². The topological polar surface area (TPSA) is 137 Å². The monoisotopic (exact) mass is 531 g/mol. The van der Waals surface area contributed by atoms with Crippen LogP contribution in [0.25, 0.3) is 11.1 Å². The second-order valence-corrected chi connectivity index (χ2v) is 11.8. The predicted octanol–water partition coefficient (Wildman–Crippen LogP) is 3.21. The Morgan fingerprint density at radius 1 is 1.13 bits per heavy atom. The summed E-state index contributed by atoms with van der Waals surface area (Å²) in [6.07, 6.45) is 1.11. The van der Waals surface area contributed by atoms with Crippen molar-refractivity contribution in [1.82, 2.24) is 14.9 Å². The van der Waals surface area contributed by atoms with Crippen LogP contribution in [0, 0.1) is 11.3 Å². The van der Waals surface area contributed by atoms with Crippen LogP contribution in [0.3, 0.4) is 0 Å². The SMILES string of the molecule is CS(=O)(=O)c1nc2c(c(N3CCN(C(=O)O)[C@@H](CC#N)C3)n1)CCC1(O2)c2ccccc2-c2ccccc21. The van der Waals surface area contributed by atoms with E-state index >= 15 is 0 Å². The van der Waals surface area contributed by atoms with Crippen LogP contribution < -0.4 is 9.64 Å². The summed E-state index contributed by atoms with van der Waals surface area (Å²) >= 11 is 0. The van der Waals surface area contributed by atoms with Crippen LogP contribution in [0.15, 0.2) is 53.7 Å². The molecule has 1 aromatic heterocycles. The molecule has 11 heteroatoms. The van der Waals surface area contributed by atoms with E-state index in [-0.39, 0.29) is 30.5 Å². The van der Waals surface area contributed by atoms with Gasteiger partial charge in [0.15, 0.2) is 5.60 Å². The lowest BCUT2D eigenvalue weighted by Gasteiger charge is -2.42. The largest absolute Gasteiger partial charge is 0.465 e. The third-order valence-corrected chi connectivity index (χ3v) is 8.47. The van der Waals surface area contributed by atoms with E-state index in [1.165, 1.54) is 4.90 Å². The quantitative estimate of drug-likeness (QED) is 0.505. The molecular formula is C27H25N5O5S. The van der Waals surface area contributed by atoms with Crippen molar-refractivity contribution in [2.24, 2.45) is 0 Å². The number of nitrogens with zero attached hydrogens (tertiary/aromatic N) is 5. The van der Waals surface area contributed by atoms with E-state index in [4.69, 9.17) is 4.74 Å². The summed E-state index contributed by atoms with van der Waals surface area (Å²) in [5.41, 5.74) is 4.05. The molecule has 1 N–H and O–H groups in total. The molecule has 10 nitrogen and oxygen atoms in total. The summed E-state index contributed by atoms with van der Waals surface area (Å²) < 4.78 is 32.0. The van der Waals surface area contributed by atoms with Gasteiger partial charge in [0.25, 0.3) is 5.16 Å². The fourth-order valence-corrected chi connectivity index (χ4v) is 6.43. The third-order valence-electron chi connectivity index (χ3n) is 7.63. The number of anilines is 1. The molecule has 3 aromatic rings. The highest BCUT2D eigenvalue weighted by Crippen LogP contribution is 2.54. The number of ether oxygens (including phenoxy) is 1. The molecule has 1 atom stereocenters. The highest BCUT2D eigenvalue weighted by Gasteiger charge is 2.49. The molecule has 0 saturated carbocycles. The first-order chi connectivity index (χ1) is 18.2. The molecule has 0 radical (unpaired) electrons. The number of benzene rings is 2. The Hall–Kier alpha value is -4.17. The lowest BCUT2D eigenvalue weighted by molar-refractivity contribution is 0.0812. The van der Waals surface area contributed by atoms with Crippen LogP contribution in [-0.4, -0.2) is 66.4 Å². The van der Waals surface area contributed by atoms with Crippen LogP contribution in [0.2, 0.25) is 0 Å². The maximum absolute atomic E-state index is 12.6. The summed E-state index contributed by atoms with van der Waals surface area (Å²) in [5.74, 6) is 0.628. The van der Waals surface area contributed by atoms with Gasteiger partial charge in [0, 0.05) is 43.4 Å². The Kier molecular flexibility index (Phi) is 5.54. The van der Waals surface area contributed by atoms with E-state index in [1.807, 2.05) is 41.3 Å². The van der Waals surface area contributed by atoms with Crippen LogP contribution in [0.5, 0.6) is 5.88 Å². The average Bonchev–Trinajstić information content (AvgIpc) is 3.17. The minimum absolute atomic E-state index is 0.0161. The van der Waals surface area contributed by atoms with Gasteiger partial charge in [-0.1, -0.05) is 48.5 Å². The van der Waals surface area contributed by atoms with Gasteiger partial charge < -0.3 is 19.6 Å². The number of rotatable bonds is 3. The first-order valence-corrected chi connectivity index (χ1v) is 14.2. The van der Waals surface area contributed by atoms with Crippen LogP contribution in [-0.2, 0) is 21.9 Å². The van der Waals surface area contributed by atoms with E-state index < -0.39 is 27.6 Å². The number of nitriles is 1. The molecule has 194 valence electrons. The van der Waals surface area contributed by atoms with Gasteiger partial charge in [-0.3, -0.25) is 0 Å². The number of fused-ring (bicyclic) bond motifs is 6. The fourth-order valence-electron chi connectivity index (χ4n) is 5.92. The van der Waals surface area contributed by atoms with Crippen molar-refractivity contribution >= 4 is 21.7 Å². The molecule has 2 aliphatic heterocycles. The lowest BCUT2D eigenvalue weighted by atomic mass is 9.83. The summed E-state index contributed by atoms with van der Waals surface area (Å²) in [7, 11) is -3.79. The van der Waals surface area contributed by atoms with Crippen LogP contribution >= 0.6 is 0 Å². The molecule has 1 spiro atoms. The smallest absolute Gasteiger partial charge is 0.407 e. The summed E-state index contributed by atoms with van der Waals surface area (Å²) in [6.45, 7) is 0.682. The van der Waals surface area contributed by atoms with E-state index in [0.717, 1.165) is 28.5 Å². The van der Waals surface area contributed by atoms with Gasteiger partial charge in [-0.25, -0.2) is 18.2 Å². The second-order valence-electron chi connectivity index (χ2n) is 9.84. The first kappa shape index (κ1) is 24.2. The van der Waals surface area contributed by atoms with Crippen molar-refractivity contribution in [1.29, 1.82) is 5.26 Å². The number of amides is 1. The Morgan fingerprint density at radius 3 is 2.39 bits per heavy atom. The summed E-state index contributed by atoms with van der Waals surface area (Å²) in [5, 5.41) is 18.5. The zero-order chi connectivity index (χ0) is 26.7. The second kappa shape index (κ2) is 8.70. The van der Waals surface area contributed by atoms with Crippen molar-refractivity contribution in [3.8, 4) is 23.1 Å². The molecule has 1 aliphatic carbocycles. The van der Waals surface area contributed by atoms with Gasteiger partial charge >= 0.3 is 6.09 Å². The molecular weight excluding hydrogens is 506 g/mol. The zero-order valence-corrected chi connectivity index (χ0v) is 21.5. The van der Waals surface area contributed by atoms with E-state index in [2.05, 4.69) is 28.2 Å². The standard InChI is InChI=1S/C27H25N5O5S/c1-38(35,36)25-29-23(31-14-15-32(26(33)34)17(16-31)11-13-28)20-10-12-27(37-24(20)30-25)21-8-4-2-6-18(21)19-7-3-5-9-22(19)27/h2-9,17H,10-12,14-16H2,1H3,(H,33,34)/t17-/m0/s1. The van der Waals surface area contributed by atoms with Gasteiger partial charge in [0.05, 0.1) is 24.1 Å². The normalized spacial score (nSPS) is 19.2. The number of hydrogen-bond acceptors (Lipinski definition) is 8. The highest BCUT2D eigenvalue weighted by molar-refractivity contribution is 7.90. The maximum Gasteiger partial charge on any atom is 0.407 e. The average molecular weight is 532 g/mol. The van der Waals surface area contributed by atoms with E-state index in [9.17, 15) is 23.6 Å². The molecule has 0 bridgehead atoms. The third kappa shape index (κ3) is 3.67. The van der Waals surface area contributed by atoms with Crippen molar-refractivity contribution in [3.05, 3.63) is 65.2 Å². The number of sulfone groups is 1. The Morgan fingerprint density at radius 2 is 1.79 bits per heavy atom. The van der Waals surface area contributed by atoms with Gasteiger partial charge in [-0.2, -0.15) is 10.2 Å². The molecule has 1 amide bonds. The Labute approximate surface area is 220 Å². The van der Waals surface area contributed by atoms with Crippen molar-refractivity contribution in [3.63, 3.8) is 0 Å². The predicted molar refractivity (Wildman–Crippen MR) is 138 cm³/mol. The van der Waals surface area contributed by atoms with Crippen LogP contribution in [0.1, 0.15) is 29.5 Å². The van der Waals surface area contributed by atoms with Gasteiger partial charge in [0.2, 0.25) is 15.7 Å². The molecule has 2 aromatic carbocycles. The molecule has 6 rings (SSSR count). The van der Waals surface area contributed by atoms with Gasteiger partial charge in [-0.05, 0) is 17.5 Å². The number of piperazine rings is 1. The Bertz CT molecular complexity index is 1570. The van der Waals surface area contributed by atoms with E-state index in [1.54, 1.807) is 0 Å². The Balaban J connectivity index is 1.47. The van der Waals surface area contributed by atoms with Crippen molar-refractivity contribution in [2.75, 3.05) is 30.8 Å². The minimum Gasteiger partial charge on any atom is -0.465 e. The number of hydrogen-bond donors (Lipinski definition) is 1. The zero-order valence-electron chi connectivity index (χ0n) is 20.7. The number of carboxylic acid groups (broad SMARTS) is 1. The number of aromatic nitrogens is 2. The molecule has 3 aliphatic rings. The first-order valence-electron chi connectivity index (χ1n) is 12.3. The summed E-state index contributed by atoms with van der Waals surface area (Å²) in [6, 6.07) is 17.6. The summed E-state index contributed by atoms with van der Waals surface area (Å²) in [4.78, 5) is 23.7. The highest BCUT2D eigenvalue weighted by atomic mass is 32.2. The van der Waals surface area contributed by atoms with Gasteiger partial charge in [0.1, 0.15) is 5.82 Å². The fraction of sp³-hybridized carbons (Fsp3) is 0.333. The van der Waals surface area contributed by atoms with Crippen molar-refractivity contribution < 1.29 is 23.1 Å². The number of carbonyl (C=O) groups is 1.